The van der Waals surface area contributed by atoms with E-state index in [2.05, 4.69) is 5.32 Å². The zero-order valence-corrected chi connectivity index (χ0v) is 15.1. The van der Waals surface area contributed by atoms with Gasteiger partial charge in [-0.1, -0.05) is 17.7 Å². The van der Waals surface area contributed by atoms with Gasteiger partial charge in [-0.05, 0) is 37.3 Å². The molecule has 2 aromatic carbocycles. The minimum Gasteiger partial charge on any atom is -0.497 e. The quantitative estimate of drug-likeness (QED) is 0.664. The van der Waals surface area contributed by atoms with Crippen LogP contribution in [0.1, 0.15) is 11.1 Å². The predicted molar refractivity (Wildman–Crippen MR) is 99.7 cm³/mol. The summed E-state index contributed by atoms with van der Waals surface area (Å²) in [6, 6.07) is 11.1. The molecule has 0 unspecified atom stereocenters. The summed E-state index contributed by atoms with van der Waals surface area (Å²) >= 11 is 0. The number of methoxy groups -OCH3 is 2. The Kier molecular flexibility index (Phi) is 4.94. The number of benzene rings is 2. The molecule has 7 heteroatoms. The van der Waals surface area contributed by atoms with Crippen molar-refractivity contribution in [2.45, 2.75) is 6.92 Å². The molecule has 1 fully saturated rings. The molecule has 3 rings (SSSR count). The van der Waals surface area contributed by atoms with E-state index < -0.39 is 17.8 Å². The lowest BCUT2D eigenvalue weighted by Gasteiger charge is -2.26. The summed E-state index contributed by atoms with van der Waals surface area (Å²) in [4.78, 5) is 38.3. The van der Waals surface area contributed by atoms with Gasteiger partial charge in [0.25, 0.3) is 11.8 Å². The maximum absolute atomic E-state index is 12.9. The fourth-order valence-electron chi connectivity index (χ4n) is 2.68. The third kappa shape index (κ3) is 3.52. The smallest absolute Gasteiger partial charge is 0.335 e. The van der Waals surface area contributed by atoms with Crippen molar-refractivity contribution in [1.29, 1.82) is 0 Å². The monoisotopic (exact) mass is 366 g/mol. The van der Waals surface area contributed by atoms with E-state index >= 15 is 0 Å². The number of carbonyl (C=O) groups excluding carboxylic acids is 3. The molecule has 4 amide bonds. The lowest BCUT2D eigenvalue weighted by molar-refractivity contribution is -0.122. The summed E-state index contributed by atoms with van der Waals surface area (Å²) in [5.41, 5.74) is 1.70. The van der Waals surface area contributed by atoms with Crippen LogP contribution < -0.4 is 19.7 Å². The summed E-state index contributed by atoms with van der Waals surface area (Å²) in [7, 11) is 3.00. The van der Waals surface area contributed by atoms with Gasteiger partial charge in [0.15, 0.2) is 0 Å². The molecular formula is C20H18N2O5. The highest BCUT2D eigenvalue weighted by Crippen LogP contribution is 2.28. The fraction of sp³-hybridized carbons (Fsp3) is 0.150. The molecule has 1 saturated heterocycles. The topological polar surface area (TPSA) is 84.9 Å². The molecule has 7 nitrogen and oxygen atoms in total. The van der Waals surface area contributed by atoms with Gasteiger partial charge < -0.3 is 9.47 Å². The van der Waals surface area contributed by atoms with Gasteiger partial charge in [0.1, 0.15) is 17.1 Å². The number of barbiturate groups is 1. The lowest BCUT2D eigenvalue weighted by Crippen LogP contribution is -2.54. The number of amides is 4. The van der Waals surface area contributed by atoms with Gasteiger partial charge in [0, 0.05) is 11.6 Å². The second kappa shape index (κ2) is 7.33. The Hall–Kier alpha value is -3.61. The Balaban J connectivity index is 2.03. The molecule has 0 atom stereocenters. The fourth-order valence-corrected chi connectivity index (χ4v) is 2.68. The number of nitrogens with zero attached hydrogens (tertiary/aromatic N) is 1. The third-order valence-electron chi connectivity index (χ3n) is 4.13. The van der Waals surface area contributed by atoms with E-state index in [9.17, 15) is 14.4 Å². The van der Waals surface area contributed by atoms with Crippen LogP contribution in [0.5, 0.6) is 11.5 Å². The van der Waals surface area contributed by atoms with Crippen LogP contribution in [-0.4, -0.2) is 32.1 Å². The molecular weight excluding hydrogens is 348 g/mol. The number of anilines is 1. The summed E-state index contributed by atoms with van der Waals surface area (Å²) in [6.07, 6.45) is 1.39. The van der Waals surface area contributed by atoms with E-state index in [0.29, 0.717) is 22.7 Å². The second-order valence-electron chi connectivity index (χ2n) is 5.90. The molecule has 0 saturated carbocycles. The second-order valence-corrected chi connectivity index (χ2v) is 5.90. The zero-order valence-electron chi connectivity index (χ0n) is 15.1. The molecule has 138 valence electrons. The summed E-state index contributed by atoms with van der Waals surface area (Å²) < 4.78 is 10.4. The van der Waals surface area contributed by atoms with Crippen LogP contribution in [0.3, 0.4) is 0 Å². The van der Waals surface area contributed by atoms with Crippen molar-refractivity contribution in [2.75, 3.05) is 19.1 Å². The largest absolute Gasteiger partial charge is 0.497 e. The van der Waals surface area contributed by atoms with Crippen LogP contribution in [0.2, 0.25) is 0 Å². The van der Waals surface area contributed by atoms with Crippen LogP contribution in [0.25, 0.3) is 6.08 Å². The molecule has 1 N–H and O–H groups in total. The molecule has 27 heavy (non-hydrogen) atoms. The first-order valence-electron chi connectivity index (χ1n) is 8.14. The Labute approximate surface area is 156 Å². The first-order chi connectivity index (χ1) is 12.9. The van der Waals surface area contributed by atoms with E-state index in [4.69, 9.17) is 9.47 Å². The van der Waals surface area contributed by atoms with Crippen molar-refractivity contribution in [3.63, 3.8) is 0 Å². The van der Waals surface area contributed by atoms with Crippen molar-refractivity contribution in [3.05, 3.63) is 59.2 Å². The summed E-state index contributed by atoms with van der Waals surface area (Å²) in [6.45, 7) is 1.90. The molecule has 0 aromatic heterocycles. The Morgan fingerprint density at radius 1 is 0.963 bits per heavy atom. The lowest BCUT2D eigenvalue weighted by atomic mass is 10.1. The maximum Gasteiger partial charge on any atom is 0.335 e. The van der Waals surface area contributed by atoms with Gasteiger partial charge in [0.2, 0.25) is 0 Å². The van der Waals surface area contributed by atoms with Gasteiger partial charge in [0.05, 0.1) is 19.9 Å². The van der Waals surface area contributed by atoms with E-state index in [0.717, 1.165) is 10.5 Å². The molecule has 1 aliphatic heterocycles. The normalized spacial score (nSPS) is 15.7. The van der Waals surface area contributed by atoms with Gasteiger partial charge in [-0.2, -0.15) is 0 Å². The SMILES string of the molecule is COc1ccc(/C=C2/C(=O)NC(=O)N(c3ccc(C)cc3)C2=O)c(OC)c1. The number of imide groups is 2. The number of aryl methyl sites for hydroxylation is 1. The van der Waals surface area contributed by atoms with Crippen LogP contribution in [0.4, 0.5) is 10.5 Å². The minimum atomic E-state index is -0.785. The average Bonchev–Trinajstić information content (AvgIpc) is 2.66. The molecule has 2 aromatic rings. The third-order valence-corrected chi connectivity index (χ3v) is 4.13. The number of hydrogen-bond donors (Lipinski definition) is 1. The first-order valence-corrected chi connectivity index (χ1v) is 8.14. The van der Waals surface area contributed by atoms with Gasteiger partial charge in [-0.25, -0.2) is 9.69 Å². The minimum absolute atomic E-state index is 0.168. The van der Waals surface area contributed by atoms with Crippen LogP contribution in [-0.2, 0) is 9.59 Å². The molecule has 0 aliphatic carbocycles. The molecule has 1 heterocycles. The van der Waals surface area contributed by atoms with E-state index in [-0.39, 0.29) is 5.57 Å². The van der Waals surface area contributed by atoms with Crippen molar-refractivity contribution in [2.24, 2.45) is 0 Å². The highest BCUT2D eigenvalue weighted by atomic mass is 16.5. The van der Waals surface area contributed by atoms with E-state index in [1.165, 1.54) is 20.3 Å². The van der Waals surface area contributed by atoms with E-state index in [1.807, 2.05) is 6.92 Å². The number of urea groups is 1. The molecule has 0 bridgehead atoms. The Morgan fingerprint density at radius 3 is 2.30 bits per heavy atom. The number of nitrogens with one attached hydrogen (secondary N) is 1. The van der Waals surface area contributed by atoms with Crippen molar-refractivity contribution in [3.8, 4) is 11.5 Å². The number of ether oxygens (including phenoxy) is 2. The highest BCUT2D eigenvalue weighted by molar-refractivity contribution is 6.39. The summed E-state index contributed by atoms with van der Waals surface area (Å²) in [5, 5.41) is 2.20. The van der Waals surface area contributed by atoms with Gasteiger partial charge in [-0.3, -0.25) is 14.9 Å². The highest BCUT2D eigenvalue weighted by Gasteiger charge is 2.36. The Bertz CT molecular complexity index is 947. The van der Waals surface area contributed by atoms with Crippen molar-refractivity contribution in [1.82, 2.24) is 5.32 Å². The van der Waals surface area contributed by atoms with Crippen molar-refractivity contribution >= 4 is 29.6 Å². The predicted octanol–water partition coefficient (Wildman–Crippen LogP) is 2.68. The number of hydrogen-bond acceptors (Lipinski definition) is 5. The first kappa shape index (κ1) is 18.2. The molecule has 0 radical (unpaired) electrons. The van der Waals surface area contributed by atoms with Crippen LogP contribution >= 0.6 is 0 Å². The zero-order chi connectivity index (χ0) is 19.6. The van der Waals surface area contributed by atoms with E-state index in [1.54, 1.807) is 42.5 Å². The average molecular weight is 366 g/mol. The van der Waals surface area contributed by atoms with Crippen LogP contribution in [0, 0.1) is 6.92 Å². The number of rotatable bonds is 4. The summed E-state index contributed by atoms with van der Waals surface area (Å²) in [5.74, 6) is -0.456. The van der Waals surface area contributed by atoms with Gasteiger partial charge >= 0.3 is 6.03 Å². The Morgan fingerprint density at radius 2 is 1.67 bits per heavy atom. The molecule has 0 spiro atoms. The van der Waals surface area contributed by atoms with Gasteiger partial charge in [-0.15, -0.1) is 0 Å². The molecule has 1 aliphatic rings. The standard InChI is InChI=1S/C20H18N2O5/c1-12-4-7-14(8-5-12)22-19(24)16(18(23)21-20(22)25)10-13-6-9-15(26-2)11-17(13)27-3/h4-11H,1-3H3,(H,21,23,25)/b16-10-. The number of carbonyl (C=O) groups is 3. The van der Waals surface area contributed by atoms with Crippen LogP contribution in [0.15, 0.2) is 48.0 Å². The maximum atomic E-state index is 12.9. The van der Waals surface area contributed by atoms with Crippen molar-refractivity contribution < 1.29 is 23.9 Å².